The summed E-state index contributed by atoms with van der Waals surface area (Å²) in [5.41, 5.74) is 6.95. The third kappa shape index (κ3) is 5.93. The lowest BCUT2D eigenvalue weighted by Crippen LogP contribution is -2.34. The number of allylic oxidation sites excluding steroid dienone is 2. The molecule has 2 heterocycles. The number of phenolic OH excluding ortho intramolecular Hbond substituents is 1. The van der Waals surface area contributed by atoms with E-state index >= 15 is 0 Å². The SMILES string of the molecule is CCC/C(=C\c1cc(Br)ccc1O)CC[C@H]1OC[C@H]2C1=C(C)C[C@H]1C(=O)N(c3ccc(Nc4ccccc4)cc3)C(=O)[C@H]12. The topological polar surface area (TPSA) is 78.9 Å². The van der Waals surface area contributed by atoms with E-state index in [-0.39, 0.29) is 41.4 Å². The minimum absolute atomic E-state index is 0.0670. The molecule has 2 saturated heterocycles. The second-order valence-electron chi connectivity index (χ2n) is 11.8. The highest BCUT2D eigenvalue weighted by atomic mass is 79.9. The van der Waals surface area contributed by atoms with Gasteiger partial charge in [0.15, 0.2) is 0 Å². The summed E-state index contributed by atoms with van der Waals surface area (Å²) in [7, 11) is 0. The molecule has 0 radical (unpaired) electrons. The minimum Gasteiger partial charge on any atom is -0.507 e. The van der Waals surface area contributed by atoms with Crippen molar-refractivity contribution in [2.45, 2.75) is 52.1 Å². The first-order chi connectivity index (χ1) is 20.8. The van der Waals surface area contributed by atoms with Crippen LogP contribution in [0.15, 0.2) is 94.0 Å². The molecule has 2 N–H and O–H groups in total. The number of halogens is 1. The Morgan fingerprint density at radius 3 is 2.49 bits per heavy atom. The van der Waals surface area contributed by atoms with Crippen molar-refractivity contribution < 1.29 is 19.4 Å². The van der Waals surface area contributed by atoms with Gasteiger partial charge in [-0.05, 0) is 92.8 Å². The molecule has 1 aliphatic carbocycles. The van der Waals surface area contributed by atoms with Crippen LogP contribution in [0, 0.1) is 17.8 Å². The zero-order valence-electron chi connectivity index (χ0n) is 24.6. The Kier molecular flexibility index (Phi) is 8.55. The number of benzene rings is 3. The molecule has 3 aromatic rings. The van der Waals surface area contributed by atoms with E-state index in [9.17, 15) is 14.7 Å². The lowest BCUT2D eigenvalue weighted by atomic mass is 9.70. The Morgan fingerprint density at radius 1 is 1.00 bits per heavy atom. The van der Waals surface area contributed by atoms with Gasteiger partial charge in [0.25, 0.3) is 0 Å². The first kappa shape index (κ1) is 29.4. The van der Waals surface area contributed by atoms with Crippen LogP contribution in [0.3, 0.4) is 0 Å². The third-order valence-electron chi connectivity index (χ3n) is 8.99. The predicted molar refractivity (Wildman–Crippen MR) is 174 cm³/mol. The van der Waals surface area contributed by atoms with E-state index in [0.717, 1.165) is 47.1 Å². The average molecular weight is 642 g/mol. The Balaban J connectivity index is 1.17. The van der Waals surface area contributed by atoms with Crippen LogP contribution in [0.1, 0.15) is 51.5 Å². The van der Waals surface area contributed by atoms with E-state index in [1.165, 1.54) is 21.6 Å². The maximum atomic E-state index is 13.9. The summed E-state index contributed by atoms with van der Waals surface area (Å²) in [6.45, 7) is 4.73. The number of imide groups is 1. The number of rotatable bonds is 9. The van der Waals surface area contributed by atoms with Crippen molar-refractivity contribution in [1.82, 2.24) is 0 Å². The van der Waals surface area contributed by atoms with E-state index in [1.807, 2.05) is 66.7 Å². The van der Waals surface area contributed by atoms with Crippen LogP contribution in [0.2, 0.25) is 0 Å². The molecule has 3 aliphatic rings. The predicted octanol–water partition coefficient (Wildman–Crippen LogP) is 8.40. The van der Waals surface area contributed by atoms with E-state index in [2.05, 4.69) is 41.2 Å². The largest absolute Gasteiger partial charge is 0.507 e. The lowest BCUT2D eigenvalue weighted by Gasteiger charge is -2.30. The van der Waals surface area contributed by atoms with Gasteiger partial charge in [0, 0.05) is 27.3 Å². The molecule has 0 unspecified atom stereocenters. The van der Waals surface area contributed by atoms with Crippen molar-refractivity contribution >= 4 is 50.9 Å². The van der Waals surface area contributed by atoms with Crippen LogP contribution in [0.4, 0.5) is 17.1 Å². The number of hydrogen-bond donors (Lipinski definition) is 2. The third-order valence-corrected chi connectivity index (χ3v) is 9.48. The molecule has 0 aromatic heterocycles. The van der Waals surface area contributed by atoms with Gasteiger partial charge in [-0.1, -0.05) is 64.7 Å². The van der Waals surface area contributed by atoms with Crippen molar-refractivity contribution in [3.63, 3.8) is 0 Å². The van der Waals surface area contributed by atoms with Crippen LogP contribution >= 0.6 is 15.9 Å². The van der Waals surface area contributed by atoms with Gasteiger partial charge in [-0.25, -0.2) is 0 Å². The molecule has 3 aromatic carbocycles. The van der Waals surface area contributed by atoms with E-state index in [1.54, 1.807) is 6.07 Å². The molecule has 4 atom stereocenters. The maximum Gasteiger partial charge on any atom is 0.238 e. The Morgan fingerprint density at radius 2 is 1.74 bits per heavy atom. The fourth-order valence-electron chi connectivity index (χ4n) is 7.03. The normalized spacial score (nSPS) is 23.5. The number of carbonyl (C=O) groups excluding carboxylic acids is 2. The number of nitrogens with zero attached hydrogens (tertiary/aromatic N) is 1. The van der Waals surface area contributed by atoms with Crippen LogP contribution in [-0.4, -0.2) is 29.6 Å². The summed E-state index contributed by atoms with van der Waals surface area (Å²) in [6, 6.07) is 22.9. The summed E-state index contributed by atoms with van der Waals surface area (Å²) < 4.78 is 7.29. The van der Waals surface area contributed by atoms with Gasteiger partial charge < -0.3 is 15.2 Å². The molecular formula is C36H37BrN2O4. The fourth-order valence-corrected chi connectivity index (χ4v) is 7.41. The molecule has 7 heteroatoms. The highest BCUT2D eigenvalue weighted by Gasteiger charge is 2.56. The summed E-state index contributed by atoms with van der Waals surface area (Å²) in [5.74, 6) is -0.764. The van der Waals surface area contributed by atoms with Gasteiger partial charge in [-0.3, -0.25) is 14.5 Å². The number of para-hydroxylation sites is 1. The molecule has 0 bridgehead atoms. The summed E-state index contributed by atoms with van der Waals surface area (Å²) in [5, 5.41) is 13.7. The van der Waals surface area contributed by atoms with Crippen LogP contribution in [0.25, 0.3) is 6.08 Å². The zero-order valence-corrected chi connectivity index (χ0v) is 26.1. The molecule has 43 heavy (non-hydrogen) atoms. The van der Waals surface area contributed by atoms with Crippen molar-refractivity contribution in [1.29, 1.82) is 0 Å². The summed E-state index contributed by atoms with van der Waals surface area (Å²) in [4.78, 5) is 28.9. The van der Waals surface area contributed by atoms with Crippen molar-refractivity contribution in [3.05, 3.63) is 99.6 Å². The van der Waals surface area contributed by atoms with Gasteiger partial charge in [0.2, 0.25) is 11.8 Å². The van der Waals surface area contributed by atoms with Crippen LogP contribution in [-0.2, 0) is 14.3 Å². The van der Waals surface area contributed by atoms with Gasteiger partial charge >= 0.3 is 0 Å². The Bertz CT molecular complexity index is 1580. The number of hydrogen-bond acceptors (Lipinski definition) is 5. The number of aromatic hydroxyl groups is 1. The highest BCUT2D eigenvalue weighted by molar-refractivity contribution is 9.10. The molecule has 2 aliphatic heterocycles. The van der Waals surface area contributed by atoms with Crippen molar-refractivity contribution in [2.75, 3.05) is 16.8 Å². The monoisotopic (exact) mass is 640 g/mol. The zero-order chi connectivity index (χ0) is 30.1. The van der Waals surface area contributed by atoms with E-state index in [0.29, 0.717) is 18.7 Å². The Hall–Kier alpha value is -3.68. The van der Waals surface area contributed by atoms with Gasteiger partial charge in [-0.15, -0.1) is 0 Å². The minimum atomic E-state index is -0.386. The number of carbonyl (C=O) groups is 2. The molecule has 2 fully saturated rings. The first-order valence-electron chi connectivity index (χ1n) is 15.1. The number of amides is 2. The number of nitrogens with one attached hydrogen (secondary N) is 1. The van der Waals surface area contributed by atoms with Crippen LogP contribution in [0.5, 0.6) is 5.75 Å². The smallest absolute Gasteiger partial charge is 0.238 e. The average Bonchev–Trinajstić information content (AvgIpc) is 3.53. The first-order valence-corrected chi connectivity index (χ1v) is 15.9. The molecule has 2 amide bonds. The second kappa shape index (κ2) is 12.5. The summed E-state index contributed by atoms with van der Waals surface area (Å²) >= 11 is 3.50. The number of fused-ring (bicyclic) bond motifs is 3. The lowest BCUT2D eigenvalue weighted by molar-refractivity contribution is -0.122. The van der Waals surface area contributed by atoms with E-state index < -0.39 is 0 Å². The summed E-state index contributed by atoms with van der Waals surface area (Å²) in [6.07, 6.45) is 6.21. The number of anilines is 3. The van der Waals surface area contributed by atoms with Crippen molar-refractivity contribution in [3.8, 4) is 5.75 Å². The van der Waals surface area contributed by atoms with E-state index in [4.69, 9.17) is 4.74 Å². The number of ether oxygens (including phenoxy) is 1. The molecule has 0 spiro atoms. The fraction of sp³-hybridized carbons (Fsp3) is 0.333. The standard InChI is InChI=1S/C36H37BrN2O4/c1-3-7-23(19-24-20-25(37)11-16-31(24)40)10-17-32-33-22(2)18-29-34(30(33)21-43-32)36(42)39(35(29)41)28-14-12-27(13-15-28)38-26-8-5-4-6-9-26/h4-6,8-9,11-16,19-20,29-30,32,34,38,40H,3,7,10,17-18,21H2,1-2H3/b23-19+/t29-,30+,32-,34-/m1/s1. The second-order valence-corrected chi connectivity index (χ2v) is 12.8. The highest BCUT2D eigenvalue weighted by Crippen LogP contribution is 2.50. The quantitative estimate of drug-likeness (QED) is 0.181. The van der Waals surface area contributed by atoms with Gasteiger partial charge in [0.1, 0.15) is 5.75 Å². The van der Waals surface area contributed by atoms with Crippen LogP contribution < -0.4 is 10.2 Å². The molecule has 6 nitrogen and oxygen atoms in total. The molecular weight excluding hydrogens is 604 g/mol. The molecule has 6 rings (SSSR count). The van der Waals surface area contributed by atoms with Gasteiger partial charge in [0.05, 0.1) is 30.2 Å². The molecule has 222 valence electrons. The Labute approximate surface area is 261 Å². The van der Waals surface area contributed by atoms with Gasteiger partial charge in [-0.2, -0.15) is 0 Å². The van der Waals surface area contributed by atoms with Crippen molar-refractivity contribution in [2.24, 2.45) is 17.8 Å². The number of phenols is 1. The molecule has 0 saturated carbocycles. The maximum absolute atomic E-state index is 13.9.